The molecule has 0 unspecified atom stereocenters. The fraction of sp³-hybridized carbons (Fsp3) is 0.579. The molecule has 7 nitrogen and oxygen atoms in total. The number of nitrogens with zero attached hydrogens (tertiary/aromatic N) is 2. The van der Waals surface area contributed by atoms with Gasteiger partial charge in [0.1, 0.15) is 5.54 Å². The summed E-state index contributed by atoms with van der Waals surface area (Å²) in [5.74, 6) is -0.240. The van der Waals surface area contributed by atoms with Crippen LogP contribution in [0.1, 0.15) is 24.0 Å². The number of carbonyl (C=O) groups excluding carboxylic acids is 2. The van der Waals surface area contributed by atoms with Crippen molar-refractivity contribution in [2.75, 3.05) is 39.4 Å². The summed E-state index contributed by atoms with van der Waals surface area (Å²) in [5, 5.41) is 13.4. The average Bonchev–Trinajstić information content (AvgIpc) is 2.88. The van der Waals surface area contributed by atoms with Gasteiger partial charge in [-0.3, -0.25) is 14.6 Å². The highest BCUT2D eigenvalue weighted by Gasteiger charge is 2.54. The molecule has 1 aliphatic carbocycles. The molecule has 1 spiro atoms. The molecule has 26 heavy (non-hydrogen) atoms. The molecule has 3 aliphatic rings. The predicted molar refractivity (Wildman–Crippen MR) is 94.6 cm³/mol. The first-order chi connectivity index (χ1) is 12.6. The van der Waals surface area contributed by atoms with Crippen LogP contribution in [0.5, 0.6) is 0 Å². The fourth-order valence-electron chi connectivity index (χ4n) is 4.33. The lowest BCUT2D eigenvalue weighted by molar-refractivity contribution is -0.133. The summed E-state index contributed by atoms with van der Waals surface area (Å²) in [5.41, 5.74) is 1.04. The van der Waals surface area contributed by atoms with Crippen molar-refractivity contribution < 1.29 is 19.4 Å². The van der Waals surface area contributed by atoms with Crippen molar-refractivity contribution in [3.05, 3.63) is 35.4 Å². The Bertz CT molecular complexity index is 704. The Morgan fingerprint density at radius 3 is 2.77 bits per heavy atom. The number of hydrogen-bond acceptors (Lipinski definition) is 5. The van der Waals surface area contributed by atoms with Gasteiger partial charge in [0.15, 0.2) is 0 Å². The Labute approximate surface area is 152 Å². The van der Waals surface area contributed by atoms with Crippen molar-refractivity contribution in [1.29, 1.82) is 0 Å². The molecule has 2 aliphatic heterocycles. The molecular formula is C19H25N3O4. The number of ether oxygens (including phenoxy) is 1. The zero-order chi connectivity index (χ0) is 18.1. The van der Waals surface area contributed by atoms with E-state index in [1.54, 1.807) is 0 Å². The first-order valence-electron chi connectivity index (χ1n) is 9.31. The molecule has 2 saturated heterocycles. The molecular weight excluding hydrogens is 334 g/mol. The van der Waals surface area contributed by atoms with Crippen molar-refractivity contribution in [3.63, 3.8) is 0 Å². The number of aryl methyl sites for hydroxylation is 1. The third-order valence-electron chi connectivity index (χ3n) is 5.62. The van der Waals surface area contributed by atoms with Gasteiger partial charge in [-0.25, -0.2) is 4.79 Å². The van der Waals surface area contributed by atoms with E-state index in [2.05, 4.69) is 10.2 Å². The number of fused-ring (bicyclic) bond motifs is 2. The van der Waals surface area contributed by atoms with Crippen LogP contribution in [-0.4, -0.2) is 72.3 Å². The van der Waals surface area contributed by atoms with Gasteiger partial charge in [0.05, 0.1) is 25.9 Å². The van der Waals surface area contributed by atoms with Crippen molar-refractivity contribution in [2.24, 2.45) is 0 Å². The van der Waals surface area contributed by atoms with Gasteiger partial charge < -0.3 is 15.2 Å². The summed E-state index contributed by atoms with van der Waals surface area (Å²) in [6.45, 7) is 3.27. The van der Waals surface area contributed by atoms with Crippen LogP contribution in [0, 0.1) is 0 Å². The number of β-amino-alcohol motifs (C(OH)–C–C–N with tert-alkyl or cyclic N) is 1. The molecule has 140 valence electrons. The SMILES string of the molecule is O=C1N[C@]2(CCCc3ccccc32)C(=O)N1C[C@H](O)CN1CCOCC1. The molecule has 1 aromatic rings. The van der Waals surface area contributed by atoms with Crippen LogP contribution in [0.15, 0.2) is 24.3 Å². The molecule has 0 radical (unpaired) electrons. The van der Waals surface area contributed by atoms with Crippen LogP contribution >= 0.6 is 0 Å². The van der Waals surface area contributed by atoms with E-state index < -0.39 is 17.7 Å². The molecule has 0 aromatic heterocycles. The summed E-state index contributed by atoms with van der Waals surface area (Å²) in [4.78, 5) is 29.0. The standard InChI is InChI=1S/C19H25N3O4/c23-15(12-21-8-10-26-11-9-21)13-22-17(24)19(20-18(22)25)7-3-5-14-4-1-2-6-16(14)19/h1-2,4,6,15,23H,3,5,7-13H2,(H,20,25)/t15-,19+/m1/s1. The number of nitrogens with one attached hydrogen (secondary N) is 1. The van der Waals surface area contributed by atoms with Crippen molar-refractivity contribution in [3.8, 4) is 0 Å². The number of carbonyl (C=O) groups is 2. The summed E-state index contributed by atoms with van der Waals surface area (Å²) in [6, 6.07) is 7.41. The highest BCUT2D eigenvalue weighted by Crippen LogP contribution is 2.39. The number of benzene rings is 1. The minimum atomic E-state index is -0.968. The maximum Gasteiger partial charge on any atom is 0.325 e. The second kappa shape index (κ2) is 6.98. The molecule has 4 rings (SSSR count). The number of urea groups is 1. The van der Waals surface area contributed by atoms with E-state index >= 15 is 0 Å². The van der Waals surface area contributed by atoms with Crippen LogP contribution in [0.3, 0.4) is 0 Å². The van der Waals surface area contributed by atoms with E-state index in [1.165, 1.54) is 4.90 Å². The minimum absolute atomic E-state index is 0.0198. The van der Waals surface area contributed by atoms with Gasteiger partial charge in [-0.1, -0.05) is 24.3 Å². The topological polar surface area (TPSA) is 82.1 Å². The van der Waals surface area contributed by atoms with Crippen molar-refractivity contribution in [2.45, 2.75) is 30.9 Å². The molecule has 7 heteroatoms. The van der Waals surface area contributed by atoms with E-state index in [-0.39, 0.29) is 12.5 Å². The van der Waals surface area contributed by atoms with Gasteiger partial charge in [-0.15, -0.1) is 0 Å². The number of imide groups is 1. The molecule has 2 fully saturated rings. The number of aliphatic hydroxyl groups is 1. The maximum atomic E-state index is 13.2. The van der Waals surface area contributed by atoms with Gasteiger partial charge in [0, 0.05) is 19.6 Å². The van der Waals surface area contributed by atoms with E-state index in [9.17, 15) is 14.7 Å². The minimum Gasteiger partial charge on any atom is -0.390 e. The maximum absolute atomic E-state index is 13.2. The lowest BCUT2D eigenvalue weighted by atomic mass is 9.76. The number of rotatable bonds is 4. The Morgan fingerprint density at radius 2 is 1.96 bits per heavy atom. The monoisotopic (exact) mass is 359 g/mol. The zero-order valence-electron chi connectivity index (χ0n) is 14.8. The first kappa shape index (κ1) is 17.5. The van der Waals surface area contributed by atoms with Gasteiger partial charge >= 0.3 is 6.03 Å². The molecule has 0 saturated carbocycles. The lowest BCUT2D eigenvalue weighted by Crippen LogP contribution is -2.48. The number of hydrogen-bond donors (Lipinski definition) is 2. The molecule has 2 N–H and O–H groups in total. The second-order valence-corrected chi connectivity index (χ2v) is 7.33. The highest BCUT2D eigenvalue weighted by molar-refractivity contribution is 6.07. The average molecular weight is 359 g/mol. The van der Waals surface area contributed by atoms with Gasteiger partial charge in [0.2, 0.25) is 0 Å². The van der Waals surface area contributed by atoms with Crippen LogP contribution in [0.25, 0.3) is 0 Å². The van der Waals surface area contributed by atoms with Crippen molar-refractivity contribution >= 4 is 11.9 Å². The number of amides is 3. The molecule has 3 amide bonds. The zero-order valence-corrected chi connectivity index (χ0v) is 14.8. The molecule has 2 atom stereocenters. The van der Waals surface area contributed by atoms with E-state index in [1.807, 2.05) is 24.3 Å². The fourth-order valence-corrected chi connectivity index (χ4v) is 4.33. The molecule has 0 bridgehead atoms. The quantitative estimate of drug-likeness (QED) is 0.764. The van der Waals surface area contributed by atoms with E-state index in [0.717, 1.165) is 37.1 Å². The van der Waals surface area contributed by atoms with E-state index in [0.29, 0.717) is 26.2 Å². The lowest BCUT2D eigenvalue weighted by Gasteiger charge is -2.33. The van der Waals surface area contributed by atoms with Gasteiger partial charge in [-0.05, 0) is 30.4 Å². The smallest absolute Gasteiger partial charge is 0.325 e. The largest absolute Gasteiger partial charge is 0.390 e. The Hall–Kier alpha value is -1.96. The van der Waals surface area contributed by atoms with Crippen molar-refractivity contribution in [1.82, 2.24) is 15.1 Å². The molecule has 1 aromatic carbocycles. The van der Waals surface area contributed by atoms with Crippen LogP contribution in [0.2, 0.25) is 0 Å². The summed E-state index contributed by atoms with van der Waals surface area (Å²) < 4.78 is 5.31. The third kappa shape index (κ3) is 3.00. The van der Waals surface area contributed by atoms with Gasteiger partial charge in [0.25, 0.3) is 5.91 Å². The summed E-state index contributed by atoms with van der Waals surface area (Å²) >= 11 is 0. The normalized spacial score (nSPS) is 27.5. The van der Waals surface area contributed by atoms with Crippen LogP contribution in [0.4, 0.5) is 4.79 Å². The Kier molecular flexibility index (Phi) is 4.69. The predicted octanol–water partition coefficient (Wildman–Crippen LogP) is 0.463. The summed E-state index contributed by atoms with van der Waals surface area (Å²) in [6.07, 6.45) is 1.61. The van der Waals surface area contributed by atoms with E-state index in [4.69, 9.17) is 4.74 Å². The Balaban J connectivity index is 1.49. The third-order valence-corrected chi connectivity index (χ3v) is 5.62. The van der Waals surface area contributed by atoms with Gasteiger partial charge in [-0.2, -0.15) is 0 Å². The number of aliphatic hydroxyl groups excluding tert-OH is 1. The second-order valence-electron chi connectivity index (χ2n) is 7.33. The van der Waals surface area contributed by atoms with Crippen LogP contribution < -0.4 is 5.32 Å². The molecule has 2 heterocycles. The summed E-state index contributed by atoms with van der Waals surface area (Å²) in [7, 11) is 0. The van der Waals surface area contributed by atoms with Crippen LogP contribution in [-0.2, 0) is 21.5 Å². The number of morpholine rings is 1. The highest BCUT2D eigenvalue weighted by atomic mass is 16.5. The Morgan fingerprint density at radius 1 is 1.19 bits per heavy atom. The first-order valence-corrected chi connectivity index (χ1v) is 9.31.